The van der Waals surface area contributed by atoms with Crippen LogP contribution in [0.3, 0.4) is 0 Å². The molecule has 1 saturated carbocycles. The molecule has 2 N–H and O–H groups in total. The molecule has 0 unspecified atom stereocenters. The van der Waals surface area contributed by atoms with Crippen molar-refractivity contribution in [3.63, 3.8) is 0 Å². The SMILES string of the molecule is O=C(O)c1cnc(NCc2cnc(C3CC3)o2)cn1. The second-order valence-electron chi connectivity index (χ2n) is 4.38. The Labute approximate surface area is 108 Å². The summed E-state index contributed by atoms with van der Waals surface area (Å²) in [5, 5.41) is 11.7. The van der Waals surface area contributed by atoms with Crippen LogP contribution in [0.2, 0.25) is 0 Å². The zero-order valence-corrected chi connectivity index (χ0v) is 10.0. The van der Waals surface area contributed by atoms with Crippen LogP contribution in [0.1, 0.15) is 40.9 Å². The highest BCUT2D eigenvalue weighted by Crippen LogP contribution is 2.39. The second kappa shape index (κ2) is 4.68. The first kappa shape index (κ1) is 11.6. The summed E-state index contributed by atoms with van der Waals surface area (Å²) in [4.78, 5) is 22.5. The van der Waals surface area contributed by atoms with Gasteiger partial charge in [0.25, 0.3) is 0 Å². The number of aromatic carboxylic acids is 1. The maximum atomic E-state index is 10.6. The number of oxazole rings is 1. The molecule has 7 nitrogen and oxygen atoms in total. The predicted molar refractivity (Wildman–Crippen MR) is 64.8 cm³/mol. The third kappa shape index (κ3) is 2.70. The number of nitrogens with zero attached hydrogens (tertiary/aromatic N) is 3. The van der Waals surface area contributed by atoms with Crippen LogP contribution in [0.4, 0.5) is 5.82 Å². The summed E-state index contributed by atoms with van der Waals surface area (Å²) in [7, 11) is 0. The van der Waals surface area contributed by atoms with Gasteiger partial charge in [-0.2, -0.15) is 0 Å². The molecule has 0 aromatic carbocycles. The summed E-state index contributed by atoms with van der Waals surface area (Å²) in [5.74, 6) is 1.41. The molecule has 0 atom stereocenters. The van der Waals surface area contributed by atoms with E-state index in [9.17, 15) is 4.79 Å². The average Bonchev–Trinajstić information content (AvgIpc) is 3.16. The zero-order valence-electron chi connectivity index (χ0n) is 10.0. The largest absolute Gasteiger partial charge is 0.476 e. The Morgan fingerprint density at radius 3 is 2.79 bits per heavy atom. The molecule has 2 aromatic rings. The van der Waals surface area contributed by atoms with Crippen LogP contribution >= 0.6 is 0 Å². The first-order chi connectivity index (χ1) is 9.22. The van der Waals surface area contributed by atoms with Gasteiger partial charge in [0.2, 0.25) is 0 Å². The van der Waals surface area contributed by atoms with Crippen molar-refractivity contribution in [2.75, 3.05) is 5.32 Å². The summed E-state index contributed by atoms with van der Waals surface area (Å²) < 4.78 is 5.58. The average molecular weight is 260 g/mol. The fourth-order valence-corrected chi connectivity index (χ4v) is 1.63. The molecule has 0 spiro atoms. The van der Waals surface area contributed by atoms with Crippen LogP contribution in [0.5, 0.6) is 0 Å². The number of rotatable bonds is 5. The van der Waals surface area contributed by atoms with Crippen LogP contribution in [-0.4, -0.2) is 26.0 Å². The Morgan fingerprint density at radius 1 is 1.32 bits per heavy atom. The summed E-state index contributed by atoms with van der Waals surface area (Å²) in [6.07, 6.45) is 6.58. The van der Waals surface area contributed by atoms with Crippen LogP contribution in [0.25, 0.3) is 0 Å². The second-order valence-corrected chi connectivity index (χ2v) is 4.38. The normalized spacial score (nSPS) is 14.3. The number of anilines is 1. The van der Waals surface area contributed by atoms with E-state index in [2.05, 4.69) is 20.3 Å². The fourth-order valence-electron chi connectivity index (χ4n) is 1.63. The Kier molecular flexibility index (Phi) is 2.86. The van der Waals surface area contributed by atoms with Gasteiger partial charge < -0.3 is 14.8 Å². The van der Waals surface area contributed by atoms with Gasteiger partial charge in [0, 0.05) is 5.92 Å². The molecule has 98 valence electrons. The van der Waals surface area contributed by atoms with E-state index < -0.39 is 5.97 Å². The lowest BCUT2D eigenvalue weighted by Gasteiger charge is -2.02. The van der Waals surface area contributed by atoms with Crippen molar-refractivity contribution in [3.05, 3.63) is 35.9 Å². The molecule has 0 saturated heterocycles. The van der Waals surface area contributed by atoms with Crippen LogP contribution < -0.4 is 5.32 Å². The molecular formula is C12H12N4O3. The number of carbonyl (C=O) groups is 1. The maximum Gasteiger partial charge on any atom is 0.356 e. The number of carboxylic acid groups (broad SMARTS) is 1. The Morgan fingerprint density at radius 2 is 2.16 bits per heavy atom. The molecule has 19 heavy (non-hydrogen) atoms. The Balaban J connectivity index is 1.59. The van der Waals surface area contributed by atoms with Gasteiger partial charge in [-0.3, -0.25) is 0 Å². The standard InChI is InChI=1S/C12H12N4O3/c17-12(18)9-5-15-10(6-13-9)14-3-8-4-16-11(19-8)7-1-2-7/h4-7H,1-3H2,(H,14,15)(H,17,18). The van der Waals surface area contributed by atoms with Crippen molar-refractivity contribution < 1.29 is 14.3 Å². The molecular weight excluding hydrogens is 248 g/mol. The van der Waals surface area contributed by atoms with Gasteiger partial charge in [-0.05, 0) is 12.8 Å². The molecule has 0 radical (unpaired) electrons. The van der Waals surface area contributed by atoms with Crippen molar-refractivity contribution in [3.8, 4) is 0 Å². The molecule has 1 aliphatic carbocycles. The molecule has 0 amide bonds. The summed E-state index contributed by atoms with van der Waals surface area (Å²) in [6, 6.07) is 0. The molecule has 1 aliphatic rings. The van der Waals surface area contributed by atoms with Crippen LogP contribution in [-0.2, 0) is 6.54 Å². The van der Waals surface area contributed by atoms with Gasteiger partial charge in [0.1, 0.15) is 11.6 Å². The smallest absolute Gasteiger partial charge is 0.356 e. The Bertz CT molecular complexity index is 589. The fraction of sp³-hybridized carbons (Fsp3) is 0.333. The van der Waals surface area contributed by atoms with E-state index in [1.165, 1.54) is 12.4 Å². The van der Waals surface area contributed by atoms with Crippen LogP contribution in [0.15, 0.2) is 23.0 Å². The number of aromatic nitrogens is 3. The van der Waals surface area contributed by atoms with E-state index in [-0.39, 0.29) is 5.69 Å². The summed E-state index contributed by atoms with van der Waals surface area (Å²) in [5.41, 5.74) is -0.0822. The highest BCUT2D eigenvalue weighted by atomic mass is 16.4. The highest BCUT2D eigenvalue weighted by molar-refractivity contribution is 5.84. The van der Waals surface area contributed by atoms with Crippen molar-refractivity contribution in [2.24, 2.45) is 0 Å². The van der Waals surface area contributed by atoms with Gasteiger partial charge in [-0.25, -0.2) is 19.7 Å². The Hall–Kier alpha value is -2.44. The lowest BCUT2D eigenvalue weighted by atomic mass is 10.4. The van der Waals surface area contributed by atoms with Gasteiger partial charge in [0.05, 0.1) is 25.1 Å². The van der Waals surface area contributed by atoms with E-state index in [0.29, 0.717) is 18.3 Å². The minimum atomic E-state index is -1.09. The van der Waals surface area contributed by atoms with E-state index in [0.717, 1.165) is 24.5 Å². The molecule has 2 heterocycles. The number of hydrogen-bond acceptors (Lipinski definition) is 6. The van der Waals surface area contributed by atoms with E-state index in [4.69, 9.17) is 9.52 Å². The minimum absolute atomic E-state index is 0.0822. The lowest BCUT2D eigenvalue weighted by Crippen LogP contribution is -2.05. The highest BCUT2D eigenvalue weighted by Gasteiger charge is 2.28. The van der Waals surface area contributed by atoms with Crippen molar-refractivity contribution in [2.45, 2.75) is 25.3 Å². The number of nitrogens with one attached hydrogen (secondary N) is 1. The monoisotopic (exact) mass is 260 g/mol. The quantitative estimate of drug-likeness (QED) is 0.842. The molecule has 1 fully saturated rings. The first-order valence-electron chi connectivity index (χ1n) is 5.96. The van der Waals surface area contributed by atoms with Gasteiger partial charge in [-0.1, -0.05) is 0 Å². The third-order valence-electron chi connectivity index (χ3n) is 2.81. The topological polar surface area (TPSA) is 101 Å². The van der Waals surface area contributed by atoms with Gasteiger partial charge >= 0.3 is 5.97 Å². The number of hydrogen-bond donors (Lipinski definition) is 2. The minimum Gasteiger partial charge on any atom is -0.476 e. The zero-order chi connectivity index (χ0) is 13.2. The van der Waals surface area contributed by atoms with Crippen molar-refractivity contribution in [1.29, 1.82) is 0 Å². The molecule has 0 aliphatic heterocycles. The van der Waals surface area contributed by atoms with Gasteiger partial charge in [-0.15, -0.1) is 0 Å². The first-order valence-corrected chi connectivity index (χ1v) is 5.96. The van der Waals surface area contributed by atoms with Gasteiger partial charge in [0.15, 0.2) is 11.6 Å². The lowest BCUT2D eigenvalue weighted by molar-refractivity contribution is 0.0690. The third-order valence-corrected chi connectivity index (χ3v) is 2.81. The summed E-state index contributed by atoms with van der Waals surface area (Å²) in [6.45, 7) is 0.445. The molecule has 2 aromatic heterocycles. The molecule has 7 heteroatoms. The van der Waals surface area contributed by atoms with Crippen molar-refractivity contribution >= 4 is 11.8 Å². The van der Waals surface area contributed by atoms with E-state index in [1.54, 1.807) is 6.20 Å². The maximum absolute atomic E-state index is 10.6. The van der Waals surface area contributed by atoms with E-state index >= 15 is 0 Å². The number of carboxylic acids is 1. The van der Waals surface area contributed by atoms with Crippen molar-refractivity contribution in [1.82, 2.24) is 15.0 Å². The predicted octanol–water partition coefficient (Wildman–Crippen LogP) is 1.65. The summed E-state index contributed by atoms with van der Waals surface area (Å²) >= 11 is 0. The molecule has 0 bridgehead atoms. The molecule has 3 rings (SSSR count). The van der Waals surface area contributed by atoms with E-state index in [1.807, 2.05) is 0 Å². The van der Waals surface area contributed by atoms with Crippen LogP contribution in [0, 0.1) is 0 Å².